The summed E-state index contributed by atoms with van der Waals surface area (Å²) in [6.07, 6.45) is 9.10. The minimum absolute atomic E-state index is 0.416. The minimum atomic E-state index is -0.416. The molecule has 4 nitrogen and oxygen atoms in total. The first-order chi connectivity index (χ1) is 15.6. The Morgan fingerprint density at radius 3 is 2.19 bits per heavy atom. The number of anilines is 1. The van der Waals surface area contributed by atoms with Crippen molar-refractivity contribution in [3.63, 3.8) is 0 Å². The SMILES string of the molecule is CCCc1ccc(-c2c(C)ccc(C(N)=O)c2-c2ccc(N3CCCCCC3)nc2)cc1. The Bertz CT molecular complexity index is 1060. The number of rotatable bonds is 6. The summed E-state index contributed by atoms with van der Waals surface area (Å²) in [7, 11) is 0. The fourth-order valence-electron chi connectivity index (χ4n) is 4.73. The van der Waals surface area contributed by atoms with E-state index in [0.29, 0.717) is 5.56 Å². The van der Waals surface area contributed by atoms with Gasteiger partial charge in [0.25, 0.3) is 0 Å². The van der Waals surface area contributed by atoms with Crippen LogP contribution in [0.25, 0.3) is 22.3 Å². The smallest absolute Gasteiger partial charge is 0.249 e. The van der Waals surface area contributed by atoms with Crippen LogP contribution in [0.15, 0.2) is 54.7 Å². The molecular weight excluding hydrogens is 394 g/mol. The third-order valence-corrected chi connectivity index (χ3v) is 6.43. The highest BCUT2D eigenvalue weighted by Crippen LogP contribution is 2.38. The quantitative estimate of drug-likeness (QED) is 0.513. The van der Waals surface area contributed by atoms with Crippen LogP contribution in [0, 0.1) is 6.92 Å². The molecule has 1 aromatic heterocycles. The van der Waals surface area contributed by atoms with Gasteiger partial charge in [-0.05, 0) is 66.6 Å². The third-order valence-electron chi connectivity index (χ3n) is 6.43. The van der Waals surface area contributed by atoms with Gasteiger partial charge in [0.2, 0.25) is 5.91 Å². The summed E-state index contributed by atoms with van der Waals surface area (Å²) < 4.78 is 0. The van der Waals surface area contributed by atoms with E-state index < -0.39 is 5.91 Å². The van der Waals surface area contributed by atoms with Crippen LogP contribution in [0.1, 0.15) is 60.5 Å². The molecule has 2 N–H and O–H groups in total. The molecule has 0 atom stereocenters. The summed E-state index contributed by atoms with van der Waals surface area (Å²) in [5.41, 5.74) is 12.7. The maximum atomic E-state index is 12.4. The van der Waals surface area contributed by atoms with Crippen molar-refractivity contribution in [1.82, 2.24) is 4.98 Å². The molecule has 0 radical (unpaired) electrons. The van der Waals surface area contributed by atoms with Gasteiger partial charge in [-0.2, -0.15) is 0 Å². The predicted molar refractivity (Wildman–Crippen MR) is 133 cm³/mol. The van der Waals surface area contributed by atoms with Gasteiger partial charge in [0.15, 0.2) is 0 Å². The van der Waals surface area contributed by atoms with E-state index in [0.717, 1.165) is 59.6 Å². The van der Waals surface area contributed by atoms with Gasteiger partial charge in [0.05, 0.1) is 0 Å². The van der Waals surface area contributed by atoms with Crippen molar-refractivity contribution in [2.45, 2.75) is 52.4 Å². The van der Waals surface area contributed by atoms with Gasteiger partial charge in [0, 0.05) is 36.0 Å². The van der Waals surface area contributed by atoms with Gasteiger partial charge in [-0.15, -0.1) is 0 Å². The molecule has 4 rings (SSSR count). The van der Waals surface area contributed by atoms with E-state index in [1.807, 2.05) is 18.3 Å². The Kier molecular flexibility index (Phi) is 6.89. The molecule has 0 spiro atoms. The number of carbonyl (C=O) groups is 1. The van der Waals surface area contributed by atoms with Crippen molar-refractivity contribution in [3.05, 3.63) is 71.4 Å². The van der Waals surface area contributed by atoms with Gasteiger partial charge in [-0.3, -0.25) is 4.79 Å². The van der Waals surface area contributed by atoms with Crippen molar-refractivity contribution >= 4 is 11.7 Å². The van der Waals surface area contributed by atoms with Crippen LogP contribution in [0.2, 0.25) is 0 Å². The normalized spacial score (nSPS) is 14.2. The summed E-state index contributed by atoms with van der Waals surface area (Å²) in [6, 6.07) is 16.7. The van der Waals surface area contributed by atoms with E-state index in [1.54, 1.807) is 0 Å². The third kappa shape index (κ3) is 4.69. The molecule has 0 bridgehead atoms. The molecule has 1 aliphatic heterocycles. The predicted octanol–water partition coefficient (Wildman–Crippen LogP) is 6.16. The van der Waals surface area contributed by atoms with Gasteiger partial charge >= 0.3 is 0 Å². The number of hydrogen-bond acceptors (Lipinski definition) is 3. The van der Waals surface area contributed by atoms with Crippen molar-refractivity contribution in [3.8, 4) is 22.3 Å². The minimum Gasteiger partial charge on any atom is -0.366 e. The number of nitrogens with two attached hydrogens (primary N) is 1. The monoisotopic (exact) mass is 427 g/mol. The Morgan fingerprint density at radius 2 is 1.59 bits per heavy atom. The van der Waals surface area contributed by atoms with Crippen molar-refractivity contribution in [2.75, 3.05) is 18.0 Å². The molecule has 4 heteroatoms. The van der Waals surface area contributed by atoms with E-state index in [9.17, 15) is 4.79 Å². The van der Waals surface area contributed by atoms with Crippen LogP contribution in [0.4, 0.5) is 5.82 Å². The number of benzene rings is 2. The number of carbonyl (C=O) groups excluding carboxylic acids is 1. The van der Waals surface area contributed by atoms with Crippen LogP contribution >= 0.6 is 0 Å². The Morgan fingerprint density at radius 1 is 0.906 bits per heavy atom. The molecule has 3 aromatic rings. The Hall–Kier alpha value is -3.14. The average Bonchev–Trinajstić information content (AvgIpc) is 3.09. The highest BCUT2D eigenvalue weighted by atomic mass is 16.1. The first-order valence-corrected chi connectivity index (χ1v) is 11.8. The lowest BCUT2D eigenvalue weighted by atomic mass is 9.87. The lowest BCUT2D eigenvalue weighted by molar-refractivity contribution is 0.100. The largest absolute Gasteiger partial charge is 0.366 e. The molecule has 1 fully saturated rings. The van der Waals surface area contributed by atoms with Crippen LogP contribution in [-0.4, -0.2) is 24.0 Å². The van der Waals surface area contributed by atoms with E-state index in [1.165, 1.54) is 31.2 Å². The Balaban J connectivity index is 1.78. The highest BCUT2D eigenvalue weighted by Gasteiger charge is 2.19. The van der Waals surface area contributed by atoms with Crippen molar-refractivity contribution in [1.29, 1.82) is 0 Å². The molecule has 0 saturated carbocycles. The summed E-state index contributed by atoms with van der Waals surface area (Å²) in [5, 5.41) is 0. The summed E-state index contributed by atoms with van der Waals surface area (Å²) in [4.78, 5) is 19.5. The average molecular weight is 428 g/mol. The van der Waals surface area contributed by atoms with E-state index in [-0.39, 0.29) is 0 Å². The van der Waals surface area contributed by atoms with Crippen LogP contribution in [0.5, 0.6) is 0 Å². The van der Waals surface area contributed by atoms with Gasteiger partial charge in [-0.25, -0.2) is 4.98 Å². The maximum Gasteiger partial charge on any atom is 0.249 e. The number of aromatic nitrogens is 1. The molecule has 32 heavy (non-hydrogen) atoms. The zero-order valence-electron chi connectivity index (χ0n) is 19.2. The van der Waals surface area contributed by atoms with Gasteiger partial charge in [-0.1, -0.05) is 56.5 Å². The lowest BCUT2D eigenvalue weighted by Crippen LogP contribution is -2.24. The summed E-state index contributed by atoms with van der Waals surface area (Å²) >= 11 is 0. The molecule has 1 aliphatic rings. The van der Waals surface area contributed by atoms with Gasteiger partial charge < -0.3 is 10.6 Å². The zero-order chi connectivity index (χ0) is 22.5. The topological polar surface area (TPSA) is 59.2 Å². The number of primary amides is 1. The van der Waals surface area contributed by atoms with Crippen molar-refractivity contribution < 1.29 is 4.79 Å². The second-order valence-electron chi connectivity index (χ2n) is 8.80. The number of aryl methyl sites for hydroxylation is 2. The molecule has 1 amide bonds. The first kappa shape index (κ1) is 22.1. The fraction of sp³-hybridized carbons (Fsp3) is 0.357. The number of pyridine rings is 1. The second kappa shape index (κ2) is 9.99. The van der Waals surface area contributed by atoms with Crippen LogP contribution in [-0.2, 0) is 6.42 Å². The van der Waals surface area contributed by atoms with Gasteiger partial charge in [0.1, 0.15) is 5.82 Å². The standard InChI is InChI=1S/C28H33N3O/c1-3-8-21-10-12-22(13-11-21)26-20(2)9-15-24(28(29)32)27(26)23-14-16-25(30-19-23)31-17-6-4-5-7-18-31/h9-16,19H,3-8,17-18H2,1-2H3,(H2,29,32). The molecular formula is C28H33N3O. The molecule has 2 aromatic carbocycles. The number of amides is 1. The zero-order valence-corrected chi connectivity index (χ0v) is 19.2. The van der Waals surface area contributed by atoms with Crippen LogP contribution < -0.4 is 10.6 Å². The summed E-state index contributed by atoms with van der Waals surface area (Å²) in [6.45, 7) is 6.38. The van der Waals surface area contributed by atoms with E-state index in [4.69, 9.17) is 10.7 Å². The molecule has 0 unspecified atom stereocenters. The molecule has 0 aliphatic carbocycles. The molecule has 1 saturated heterocycles. The molecule has 166 valence electrons. The highest BCUT2D eigenvalue weighted by molar-refractivity contribution is 6.04. The van der Waals surface area contributed by atoms with E-state index >= 15 is 0 Å². The first-order valence-electron chi connectivity index (χ1n) is 11.8. The fourth-order valence-corrected chi connectivity index (χ4v) is 4.73. The number of nitrogens with zero attached hydrogens (tertiary/aromatic N) is 2. The second-order valence-corrected chi connectivity index (χ2v) is 8.80. The Labute approximate surface area is 191 Å². The lowest BCUT2D eigenvalue weighted by Gasteiger charge is -2.22. The molecule has 2 heterocycles. The van der Waals surface area contributed by atoms with E-state index in [2.05, 4.69) is 55.1 Å². The number of hydrogen-bond donors (Lipinski definition) is 1. The van der Waals surface area contributed by atoms with Crippen molar-refractivity contribution in [2.24, 2.45) is 5.73 Å². The van der Waals surface area contributed by atoms with Crippen LogP contribution in [0.3, 0.4) is 0 Å². The summed E-state index contributed by atoms with van der Waals surface area (Å²) in [5.74, 6) is 0.592. The maximum absolute atomic E-state index is 12.4.